The first-order chi connectivity index (χ1) is 7.63. The predicted molar refractivity (Wildman–Crippen MR) is 62.1 cm³/mol. The molecule has 1 fully saturated rings. The Bertz CT molecular complexity index is 210. The molecule has 1 atom stereocenters. The van der Waals surface area contributed by atoms with E-state index in [-0.39, 0.29) is 12.0 Å². The van der Waals surface area contributed by atoms with Gasteiger partial charge in [-0.3, -0.25) is 4.79 Å². The zero-order valence-electron chi connectivity index (χ0n) is 10.3. The Morgan fingerprint density at radius 1 is 1.50 bits per heavy atom. The van der Waals surface area contributed by atoms with E-state index in [1.165, 1.54) is 0 Å². The highest BCUT2D eigenvalue weighted by atomic mass is 16.5. The van der Waals surface area contributed by atoms with Gasteiger partial charge in [-0.1, -0.05) is 0 Å². The third-order valence-electron chi connectivity index (χ3n) is 2.97. The molecular formula is C12H23NO3. The fourth-order valence-corrected chi connectivity index (χ4v) is 2.00. The van der Waals surface area contributed by atoms with Crippen molar-refractivity contribution < 1.29 is 14.6 Å². The minimum atomic E-state index is -0.384. The molecule has 1 saturated heterocycles. The molecule has 94 valence electrons. The monoisotopic (exact) mass is 229 g/mol. The summed E-state index contributed by atoms with van der Waals surface area (Å²) in [5.74, 6) is 0.163. The SMILES string of the molecule is CCOC1CCN(C(=O)CCC(C)O)CC1. The third-order valence-corrected chi connectivity index (χ3v) is 2.97. The summed E-state index contributed by atoms with van der Waals surface area (Å²) in [5, 5.41) is 9.12. The van der Waals surface area contributed by atoms with Gasteiger partial charge in [-0.2, -0.15) is 0 Å². The van der Waals surface area contributed by atoms with E-state index in [1.54, 1.807) is 6.92 Å². The molecule has 4 nitrogen and oxygen atoms in total. The molecular weight excluding hydrogens is 206 g/mol. The van der Waals surface area contributed by atoms with Gasteiger partial charge in [-0.25, -0.2) is 0 Å². The molecule has 1 rings (SSSR count). The fraction of sp³-hybridized carbons (Fsp3) is 0.917. The highest BCUT2D eigenvalue weighted by Crippen LogP contribution is 2.15. The maximum Gasteiger partial charge on any atom is 0.222 e. The molecule has 0 spiro atoms. The van der Waals surface area contributed by atoms with Crippen LogP contribution in [0.4, 0.5) is 0 Å². The maximum absolute atomic E-state index is 11.7. The number of hydrogen-bond acceptors (Lipinski definition) is 3. The van der Waals surface area contributed by atoms with Gasteiger partial charge in [0.25, 0.3) is 0 Å². The summed E-state index contributed by atoms with van der Waals surface area (Å²) < 4.78 is 5.53. The Hall–Kier alpha value is -0.610. The lowest BCUT2D eigenvalue weighted by Crippen LogP contribution is -2.41. The lowest BCUT2D eigenvalue weighted by molar-refractivity contribution is -0.134. The van der Waals surface area contributed by atoms with Crippen LogP contribution in [0.15, 0.2) is 0 Å². The molecule has 0 radical (unpaired) electrons. The molecule has 4 heteroatoms. The van der Waals surface area contributed by atoms with Crippen molar-refractivity contribution >= 4 is 5.91 Å². The zero-order valence-corrected chi connectivity index (χ0v) is 10.3. The quantitative estimate of drug-likeness (QED) is 0.770. The highest BCUT2D eigenvalue weighted by Gasteiger charge is 2.22. The highest BCUT2D eigenvalue weighted by molar-refractivity contribution is 5.76. The topological polar surface area (TPSA) is 49.8 Å². The van der Waals surface area contributed by atoms with E-state index < -0.39 is 0 Å². The fourth-order valence-electron chi connectivity index (χ4n) is 2.00. The number of likely N-dealkylation sites (tertiary alicyclic amines) is 1. The average Bonchev–Trinajstić information content (AvgIpc) is 2.27. The summed E-state index contributed by atoms with van der Waals surface area (Å²) in [5.41, 5.74) is 0. The number of rotatable bonds is 5. The van der Waals surface area contributed by atoms with Crippen LogP contribution in [0.5, 0.6) is 0 Å². The van der Waals surface area contributed by atoms with Gasteiger partial charge >= 0.3 is 0 Å². The molecule has 0 bridgehead atoms. The van der Waals surface area contributed by atoms with Gasteiger partial charge in [0, 0.05) is 26.1 Å². The molecule has 0 aromatic carbocycles. The second kappa shape index (κ2) is 6.86. The van der Waals surface area contributed by atoms with Crippen LogP contribution in [-0.4, -0.2) is 47.8 Å². The molecule has 1 aliphatic rings. The number of piperidine rings is 1. The van der Waals surface area contributed by atoms with Gasteiger partial charge in [-0.15, -0.1) is 0 Å². The largest absolute Gasteiger partial charge is 0.393 e. The van der Waals surface area contributed by atoms with E-state index in [0.717, 1.165) is 32.5 Å². The second-order valence-electron chi connectivity index (χ2n) is 4.42. The van der Waals surface area contributed by atoms with Crippen LogP contribution in [0.2, 0.25) is 0 Å². The molecule has 1 amide bonds. The first kappa shape index (κ1) is 13.5. The summed E-state index contributed by atoms with van der Waals surface area (Å²) in [6.45, 7) is 6.06. The molecule has 1 N–H and O–H groups in total. The Kier molecular flexibility index (Phi) is 5.77. The van der Waals surface area contributed by atoms with Crippen LogP contribution in [-0.2, 0) is 9.53 Å². The number of carbonyl (C=O) groups is 1. The minimum Gasteiger partial charge on any atom is -0.393 e. The lowest BCUT2D eigenvalue weighted by Gasteiger charge is -2.32. The number of carbonyl (C=O) groups excluding carboxylic acids is 1. The Labute approximate surface area is 97.6 Å². The maximum atomic E-state index is 11.7. The standard InChI is InChI=1S/C12H23NO3/c1-3-16-11-6-8-13(9-7-11)12(15)5-4-10(2)14/h10-11,14H,3-9H2,1-2H3. The van der Waals surface area contributed by atoms with Crippen molar-refractivity contribution in [1.82, 2.24) is 4.90 Å². The van der Waals surface area contributed by atoms with Gasteiger partial charge in [0.2, 0.25) is 5.91 Å². The number of aliphatic hydroxyl groups is 1. The smallest absolute Gasteiger partial charge is 0.222 e. The number of aliphatic hydroxyl groups excluding tert-OH is 1. The summed E-state index contributed by atoms with van der Waals surface area (Å²) in [4.78, 5) is 13.6. The molecule has 0 saturated carbocycles. The van der Waals surface area contributed by atoms with E-state index in [0.29, 0.717) is 18.9 Å². The van der Waals surface area contributed by atoms with Crippen LogP contribution < -0.4 is 0 Å². The Balaban J connectivity index is 2.22. The normalized spacial score (nSPS) is 19.8. The van der Waals surface area contributed by atoms with Crippen molar-refractivity contribution in [3.05, 3.63) is 0 Å². The van der Waals surface area contributed by atoms with E-state index in [4.69, 9.17) is 9.84 Å². The van der Waals surface area contributed by atoms with Gasteiger partial charge < -0.3 is 14.7 Å². The average molecular weight is 229 g/mol. The van der Waals surface area contributed by atoms with Crippen molar-refractivity contribution in [2.75, 3.05) is 19.7 Å². The van der Waals surface area contributed by atoms with E-state index in [2.05, 4.69) is 0 Å². The minimum absolute atomic E-state index is 0.163. The number of hydrogen-bond donors (Lipinski definition) is 1. The van der Waals surface area contributed by atoms with Gasteiger partial charge in [0.15, 0.2) is 0 Å². The molecule has 16 heavy (non-hydrogen) atoms. The van der Waals surface area contributed by atoms with Crippen LogP contribution in [0.25, 0.3) is 0 Å². The molecule has 0 aromatic rings. The molecule has 0 aromatic heterocycles. The summed E-state index contributed by atoms with van der Waals surface area (Å²) in [6.07, 6.45) is 2.83. The van der Waals surface area contributed by atoms with Crippen molar-refractivity contribution in [2.45, 2.75) is 51.7 Å². The molecule has 1 heterocycles. The van der Waals surface area contributed by atoms with Crippen molar-refractivity contribution in [3.8, 4) is 0 Å². The Morgan fingerprint density at radius 2 is 2.12 bits per heavy atom. The van der Waals surface area contributed by atoms with Crippen LogP contribution in [0.3, 0.4) is 0 Å². The van der Waals surface area contributed by atoms with Crippen molar-refractivity contribution in [1.29, 1.82) is 0 Å². The van der Waals surface area contributed by atoms with Crippen LogP contribution >= 0.6 is 0 Å². The van der Waals surface area contributed by atoms with Gasteiger partial charge in [-0.05, 0) is 33.1 Å². The third kappa shape index (κ3) is 4.49. The van der Waals surface area contributed by atoms with Gasteiger partial charge in [0.05, 0.1) is 12.2 Å². The van der Waals surface area contributed by atoms with E-state index in [9.17, 15) is 4.79 Å². The van der Waals surface area contributed by atoms with Crippen molar-refractivity contribution in [2.24, 2.45) is 0 Å². The lowest BCUT2D eigenvalue weighted by atomic mass is 10.1. The summed E-state index contributed by atoms with van der Waals surface area (Å²) >= 11 is 0. The van der Waals surface area contributed by atoms with Crippen molar-refractivity contribution in [3.63, 3.8) is 0 Å². The van der Waals surface area contributed by atoms with Crippen LogP contribution in [0.1, 0.15) is 39.5 Å². The Morgan fingerprint density at radius 3 is 2.62 bits per heavy atom. The van der Waals surface area contributed by atoms with E-state index >= 15 is 0 Å². The van der Waals surface area contributed by atoms with Crippen LogP contribution in [0, 0.1) is 0 Å². The number of nitrogens with zero attached hydrogens (tertiary/aromatic N) is 1. The predicted octanol–water partition coefficient (Wildman–Crippen LogP) is 1.17. The molecule has 1 aliphatic heterocycles. The summed E-state index contributed by atoms with van der Waals surface area (Å²) in [7, 11) is 0. The van der Waals surface area contributed by atoms with Gasteiger partial charge in [0.1, 0.15) is 0 Å². The second-order valence-corrected chi connectivity index (χ2v) is 4.42. The first-order valence-corrected chi connectivity index (χ1v) is 6.21. The molecule has 1 unspecified atom stereocenters. The number of amides is 1. The van der Waals surface area contributed by atoms with E-state index in [1.807, 2.05) is 11.8 Å². The summed E-state index contributed by atoms with van der Waals surface area (Å²) in [6, 6.07) is 0. The zero-order chi connectivity index (χ0) is 12.0. The molecule has 0 aliphatic carbocycles. The number of ether oxygens (including phenoxy) is 1. The first-order valence-electron chi connectivity index (χ1n) is 6.21.